The average molecular weight is 379 g/mol. The van der Waals surface area contributed by atoms with E-state index in [1.807, 2.05) is 4.90 Å². The van der Waals surface area contributed by atoms with Gasteiger partial charge in [-0.15, -0.1) is 0 Å². The van der Waals surface area contributed by atoms with E-state index in [0.717, 1.165) is 64.3 Å². The highest BCUT2D eigenvalue weighted by Crippen LogP contribution is 2.19. The maximum Gasteiger partial charge on any atom is 0.321 e. The van der Waals surface area contributed by atoms with Crippen LogP contribution in [0, 0.1) is 0 Å². The average Bonchev–Trinajstić information content (AvgIpc) is 2.76. The molecule has 2 fully saturated rings. The Labute approximate surface area is 167 Å². The quantitative estimate of drug-likeness (QED) is 0.838. The molecule has 0 aliphatic carbocycles. The molecular formula is C23H30N4O. The number of carbonyl (C=O) groups excluding carboxylic acids is 1. The van der Waals surface area contributed by atoms with Gasteiger partial charge in [-0.25, -0.2) is 4.79 Å². The number of aryl methyl sites for hydroxylation is 1. The zero-order valence-corrected chi connectivity index (χ0v) is 16.5. The molecular weight excluding hydrogens is 348 g/mol. The summed E-state index contributed by atoms with van der Waals surface area (Å²) in [5, 5.41) is 2.91. The van der Waals surface area contributed by atoms with Crippen molar-refractivity contribution in [1.29, 1.82) is 0 Å². The molecule has 0 bridgehead atoms. The fourth-order valence-corrected chi connectivity index (χ4v) is 4.09. The third kappa shape index (κ3) is 4.65. The summed E-state index contributed by atoms with van der Waals surface area (Å²) in [5.74, 6) is 0. The summed E-state index contributed by atoms with van der Waals surface area (Å²) in [5.41, 5.74) is 3.69. The third-order valence-corrected chi connectivity index (χ3v) is 5.76. The first-order valence-corrected chi connectivity index (χ1v) is 10.5. The fraction of sp³-hybridized carbons (Fsp3) is 0.435. The molecule has 28 heavy (non-hydrogen) atoms. The molecule has 0 aromatic heterocycles. The van der Waals surface area contributed by atoms with Crippen LogP contribution in [0.4, 0.5) is 16.2 Å². The topological polar surface area (TPSA) is 38.8 Å². The smallest absolute Gasteiger partial charge is 0.321 e. The molecule has 2 aliphatic heterocycles. The van der Waals surface area contributed by atoms with Gasteiger partial charge in [0.05, 0.1) is 0 Å². The molecule has 1 N–H and O–H groups in total. The lowest BCUT2D eigenvalue weighted by atomic mass is 10.1. The van der Waals surface area contributed by atoms with Gasteiger partial charge in [0.25, 0.3) is 0 Å². The van der Waals surface area contributed by atoms with Gasteiger partial charge in [-0.1, -0.05) is 30.3 Å². The second-order valence-electron chi connectivity index (χ2n) is 7.67. The Balaban J connectivity index is 1.20. The highest BCUT2D eigenvalue weighted by atomic mass is 16.2. The number of hydrogen-bond donors (Lipinski definition) is 1. The molecule has 0 unspecified atom stereocenters. The normalized spacial score (nSPS) is 18.2. The van der Waals surface area contributed by atoms with Crippen LogP contribution in [0.3, 0.4) is 0 Å². The molecule has 2 heterocycles. The van der Waals surface area contributed by atoms with E-state index in [1.165, 1.54) is 17.7 Å². The van der Waals surface area contributed by atoms with Crippen LogP contribution in [0.5, 0.6) is 0 Å². The Hall–Kier alpha value is -2.53. The third-order valence-electron chi connectivity index (χ3n) is 5.76. The van der Waals surface area contributed by atoms with Crippen molar-refractivity contribution in [3.05, 3.63) is 60.2 Å². The lowest BCUT2D eigenvalue weighted by Crippen LogP contribution is -2.46. The molecule has 0 spiro atoms. The van der Waals surface area contributed by atoms with Gasteiger partial charge in [-0.3, -0.25) is 9.80 Å². The fourth-order valence-electron chi connectivity index (χ4n) is 4.09. The second kappa shape index (κ2) is 9.11. The van der Waals surface area contributed by atoms with Crippen LogP contribution in [-0.4, -0.2) is 56.7 Å². The Morgan fingerprint density at radius 2 is 1.57 bits per heavy atom. The number of hydrogen-bond acceptors (Lipinski definition) is 3. The van der Waals surface area contributed by atoms with Crippen LogP contribution < -0.4 is 15.1 Å². The summed E-state index contributed by atoms with van der Waals surface area (Å²) in [7, 11) is 0. The molecule has 5 nitrogen and oxygen atoms in total. The number of benzene rings is 2. The van der Waals surface area contributed by atoms with Gasteiger partial charge in [0.1, 0.15) is 0 Å². The zero-order valence-electron chi connectivity index (χ0n) is 16.5. The van der Waals surface area contributed by atoms with E-state index in [2.05, 4.69) is 69.7 Å². The Kier molecular flexibility index (Phi) is 6.12. The van der Waals surface area contributed by atoms with E-state index in [9.17, 15) is 4.79 Å². The van der Waals surface area contributed by atoms with Crippen LogP contribution in [0.15, 0.2) is 54.6 Å². The van der Waals surface area contributed by atoms with E-state index in [0.29, 0.717) is 0 Å². The maximum atomic E-state index is 11.9. The summed E-state index contributed by atoms with van der Waals surface area (Å²) in [4.78, 5) is 18.8. The molecule has 2 aromatic carbocycles. The summed E-state index contributed by atoms with van der Waals surface area (Å²) in [6, 6.07) is 19.2. The highest BCUT2D eigenvalue weighted by molar-refractivity contribution is 5.92. The minimum absolute atomic E-state index is 0.0219. The molecule has 2 saturated heterocycles. The summed E-state index contributed by atoms with van der Waals surface area (Å²) >= 11 is 0. The van der Waals surface area contributed by atoms with Crippen molar-refractivity contribution < 1.29 is 4.79 Å². The van der Waals surface area contributed by atoms with Gasteiger partial charge < -0.3 is 10.2 Å². The summed E-state index contributed by atoms with van der Waals surface area (Å²) < 4.78 is 0. The molecule has 0 atom stereocenters. The number of anilines is 2. The maximum absolute atomic E-state index is 11.9. The minimum atomic E-state index is 0.0219. The number of rotatable bonds is 6. The van der Waals surface area contributed by atoms with Crippen molar-refractivity contribution >= 4 is 17.4 Å². The molecule has 148 valence electrons. The first-order chi connectivity index (χ1) is 13.8. The number of para-hydroxylation sites is 1. The predicted octanol–water partition coefficient (Wildman–Crippen LogP) is 3.36. The number of piperazine rings is 1. The number of amides is 2. The van der Waals surface area contributed by atoms with Crippen molar-refractivity contribution in [1.82, 2.24) is 10.2 Å². The van der Waals surface area contributed by atoms with Gasteiger partial charge in [-0.05, 0) is 55.6 Å². The number of carbonyl (C=O) groups is 1. The molecule has 0 radical (unpaired) electrons. The Morgan fingerprint density at radius 1 is 0.821 bits per heavy atom. The van der Waals surface area contributed by atoms with E-state index >= 15 is 0 Å². The predicted molar refractivity (Wildman–Crippen MR) is 115 cm³/mol. The molecule has 2 aromatic rings. The SMILES string of the molecule is O=C1NCCCN1c1ccc(CCCN2CCN(c3ccccc3)CC2)cc1. The van der Waals surface area contributed by atoms with Crippen LogP contribution in [0.25, 0.3) is 0 Å². The zero-order chi connectivity index (χ0) is 19.2. The summed E-state index contributed by atoms with van der Waals surface area (Å²) in [6.07, 6.45) is 3.27. The van der Waals surface area contributed by atoms with Gasteiger partial charge in [0, 0.05) is 50.6 Å². The van der Waals surface area contributed by atoms with Gasteiger partial charge >= 0.3 is 6.03 Å². The van der Waals surface area contributed by atoms with E-state index in [1.54, 1.807) is 0 Å². The van der Waals surface area contributed by atoms with Gasteiger partial charge in [0.15, 0.2) is 0 Å². The molecule has 0 saturated carbocycles. The number of nitrogens with zero attached hydrogens (tertiary/aromatic N) is 3. The van der Waals surface area contributed by atoms with Crippen molar-refractivity contribution in [3.8, 4) is 0 Å². The van der Waals surface area contributed by atoms with Crippen molar-refractivity contribution in [2.75, 3.05) is 55.6 Å². The van der Waals surface area contributed by atoms with E-state index in [4.69, 9.17) is 0 Å². The second-order valence-corrected chi connectivity index (χ2v) is 7.67. The van der Waals surface area contributed by atoms with Crippen molar-refractivity contribution in [2.24, 2.45) is 0 Å². The number of nitrogens with one attached hydrogen (secondary N) is 1. The van der Waals surface area contributed by atoms with Gasteiger partial charge in [-0.2, -0.15) is 0 Å². The minimum Gasteiger partial charge on any atom is -0.369 e. The van der Waals surface area contributed by atoms with Gasteiger partial charge in [0.2, 0.25) is 0 Å². The molecule has 5 heteroatoms. The van der Waals surface area contributed by atoms with Crippen LogP contribution >= 0.6 is 0 Å². The molecule has 4 rings (SSSR count). The first kappa shape index (κ1) is 18.8. The standard InChI is InChI=1S/C23H30N4O/c28-23-24-13-5-15-27(23)22-11-9-20(10-12-22)6-4-14-25-16-18-26(19-17-25)21-7-2-1-3-8-21/h1-3,7-12H,4-6,13-19H2,(H,24,28). The molecule has 2 aliphatic rings. The monoisotopic (exact) mass is 378 g/mol. The number of urea groups is 1. The van der Waals surface area contributed by atoms with Crippen molar-refractivity contribution in [3.63, 3.8) is 0 Å². The Morgan fingerprint density at radius 3 is 2.29 bits per heavy atom. The Bertz CT molecular complexity index is 754. The largest absolute Gasteiger partial charge is 0.369 e. The molecule has 2 amide bonds. The summed E-state index contributed by atoms with van der Waals surface area (Å²) in [6.45, 7) is 7.23. The van der Waals surface area contributed by atoms with Crippen molar-refractivity contribution in [2.45, 2.75) is 19.3 Å². The lowest BCUT2D eigenvalue weighted by Gasteiger charge is -2.36. The van der Waals surface area contributed by atoms with Crippen LogP contribution in [-0.2, 0) is 6.42 Å². The van der Waals surface area contributed by atoms with Crippen LogP contribution in [0.1, 0.15) is 18.4 Å². The highest BCUT2D eigenvalue weighted by Gasteiger charge is 2.19. The van der Waals surface area contributed by atoms with E-state index < -0.39 is 0 Å². The van der Waals surface area contributed by atoms with E-state index in [-0.39, 0.29) is 6.03 Å². The van der Waals surface area contributed by atoms with Crippen LogP contribution in [0.2, 0.25) is 0 Å². The first-order valence-electron chi connectivity index (χ1n) is 10.5. The lowest BCUT2D eigenvalue weighted by molar-refractivity contribution is 0.243.